The summed E-state index contributed by atoms with van der Waals surface area (Å²) in [6.07, 6.45) is 0. The van der Waals surface area contributed by atoms with E-state index in [-0.39, 0.29) is 11.2 Å². The van der Waals surface area contributed by atoms with Gasteiger partial charge in [-0.3, -0.25) is 4.79 Å². The van der Waals surface area contributed by atoms with Crippen molar-refractivity contribution >= 4 is 24.2 Å². The third-order valence-electron chi connectivity index (χ3n) is 3.87. The van der Waals surface area contributed by atoms with Crippen molar-refractivity contribution in [3.8, 4) is 0 Å². The lowest BCUT2D eigenvalue weighted by Crippen LogP contribution is -2.50. The predicted octanol–water partition coefficient (Wildman–Crippen LogP) is 2.27. The van der Waals surface area contributed by atoms with E-state index in [9.17, 15) is 4.79 Å². The van der Waals surface area contributed by atoms with Crippen molar-refractivity contribution in [2.75, 3.05) is 31.1 Å². The van der Waals surface area contributed by atoms with Crippen LogP contribution >= 0.6 is 12.6 Å². The average Bonchev–Trinajstić information content (AvgIpc) is 2.41. The van der Waals surface area contributed by atoms with Crippen LogP contribution in [0.25, 0.3) is 0 Å². The van der Waals surface area contributed by atoms with E-state index >= 15 is 0 Å². The van der Waals surface area contributed by atoms with Crippen molar-refractivity contribution in [2.45, 2.75) is 26.0 Å². The number of thiol groups is 1. The molecule has 0 spiro atoms. The van der Waals surface area contributed by atoms with Gasteiger partial charge in [0.05, 0.1) is 5.25 Å². The van der Waals surface area contributed by atoms with Crippen molar-refractivity contribution in [1.82, 2.24) is 4.90 Å². The standard InChI is InChI=1S/C15H22N2OS/c1-11-5-4-6-14(12(11)2)16-7-9-17(10-8-16)15(18)13(3)19/h4-6,13,19H,7-10H2,1-3H3. The minimum Gasteiger partial charge on any atom is -0.368 e. The van der Waals surface area contributed by atoms with Crippen LogP contribution < -0.4 is 4.90 Å². The molecule has 1 aliphatic rings. The van der Waals surface area contributed by atoms with Gasteiger partial charge in [0, 0.05) is 31.9 Å². The number of piperazine rings is 1. The molecule has 0 aliphatic carbocycles. The average molecular weight is 278 g/mol. The van der Waals surface area contributed by atoms with Crippen molar-refractivity contribution in [1.29, 1.82) is 0 Å². The predicted molar refractivity (Wildman–Crippen MR) is 83.2 cm³/mol. The molecule has 3 nitrogen and oxygen atoms in total. The molecule has 1 unspecified atom stereocenters. The fraction of sp³-hybridized carbons (Fsp3) is 0.533. The first-order chi connectivity index (χ1) is 9.00. The minimum atomic E-state index is -0.202. The summed E-state index contributed by atoms with van der Waals surface area (Å²) >= 11 is 4.22. The lowest BCUT2D eigenvalue weighted by molar-refractivity contribution is -0.130. The Kier molecular flexibility index (Phi) is 4.40. The van der Waals surface area contributed by atoms with E-state index in [1.165, 1.54) is 16.8 Å². The molecule has 1 atom stereocenters. The summed E-state index contributed by atoms with van der Waals surface area (Å²) in [6.45, 7) is 9.52. The van der Waals surface area contributed by atoms with E-state index in [1.54, 1.807) is 0 Å². The summed E-state index contributed by atoms with van der Waals surface area (Å²) in [5.74, 6) is 0.143. The van der Waals surface area contributed by atoms with Crippen LogP contribution in [-0.4, -0.2) is 42.2 Å². The first-order valence-corrected chi connectivity index (χ1v) is 7.30. The number of amides is 1. The number of benzene rings is 1. The maximum absolute atomic E-state index is 11.9. The molecule has 1 heterocycles. The first kappa shape index (κ1) is 14.3. The van der Waals surface area contributed by atoms with Gasteiger partial charge in [0.1, 0.15) is 0 Å². The smallest absolute Gasteiger partial charge is 0.235 e. The number of hydrogen-bond donors (Lipinski definition) is 1. The van der Waals surface area contributed by atoms with E-state index in [0.717, 1.165) is 26.2 Å². The van der Waals surface area contributed by atoms with Gasteiger partial charge in [-0.1, -0.05) is 12.1 Å². The maximum atomic E-state index is 11.9. The molecule has 104 valence electrons. The van der Waals surface area contributed by atoms with E-state index in [2.05, 4.69) is 49.6 Å². The highest BCUT2D eigenvalue weighted by Crippen LogP contribution is 2.24. The number of carbonyl (C=O) groups is 1. The molecular weight excluding hydrogens is 256 g/mol. The third kappa shape index (κ3) is 3.06. The highest BCUT2D eigenvalue weighted by Gasteiger charge is 2.23. The number of nitrogens with zero attached hydrogens (tertiary/aromatic N) is 2. The lowest BCUT2D eigenvalue weighted by Gasteiger charge is -2.37. The van der Waals surface area contributed by atoms with Crippen molar-refractivity contribution in [2.24, 2.45) is 0 Å². The van der Waals surface area contributed by atoms with Crippen molar-refractivity contribution in [3.05, 3.63) is 29.3 Å². The second-order valence-corrected chi connectivity index (χ2v) is 5.98. The number of aryl methyl sites for hydroxylation is 1. The lowest BCUT2D eigenvalue weighted by atomic mass is 10.1. The van der Waals surface area contributed by atoms with Gasteiger partial charge >= 0.3 is 0 Å². The Morgan fingerprint density at radius 1 is 1.21 bits per heavy atom. The molecule has 1 amide bonds. The topological polar surface area (TPSA) is 23.6 Å². The van der Waals surface area contributed by atoms with Crippen molar-refractivity contribution < 1.29 is 4.79 Å². The van der Waals surface area contributed by atoms with Gasteiger partial charge < -0.3 is 9.80 Å². The van der Waals surface area contributed by atoms with E-state index in [4.69, 9.17) is 0 Å². The van der Waals surface area contributed by atoms with Crippen LogP contribution in [0.2, 0.25) is 0 Å². The molecule has 1 fully saturated rings. The highest BCUT2D eigenvalue weighted by molar-refractivity contribution is 7.81. The molecule has 1 aromatic rings. The van der Waals surface area contributed by atoms with E-state index in [1.807, 2.05) is 11.8 Å². The molecule has 0 saturated carbocycles. The molecule has 0 radical (unpaired) electrons. The Morgan fingerprint density at radius 2 is 1.84 bits per heavy atom. The van der Waals surface area contributed by atoms with Crippen LogP contribution in [0.3, 0.4) is 0 Å². The van der Waals surface area contributed by atoms with E-state index < -0.39 is 0 Å². The zero-order valence-electron chi connectivity index (χ0n) is 11.9. The highest BCUT2D eigenvalue weighted by atomic mass is 32.1. The fourth-order valence-electron chi connectivity index (χ4n) is 2.51. The summed E-state index contributed by atoms with van der Waals surface area (Å²) in [4.78, 5) is 16.2. The van der Waals surface area contributed by atoms with Gasteiger partial charge in [-0.25, -0.2) is 0 Å². The molecule has 1 saturated heterocycles. The second kappa shape index (κ2) is 5.87. The molecule has 0 aromatic heterocycles. The largest absolute Gasteiger partial charge is 0.368 e. The fourth-order valence-corrected chi connectivity index (χ4v) is 2.67. The van der Waals surface area contributed by atoms with Crippen LogP contribution in [0.15, 0.2) is 18.2 Å². The van der Waals surface area contributed by atoms with Crippen LogP contribution in [0.5, 0.6) is 0 Å². The van der Waals surface area contributed by atoms with Gasteiger partial charge in [0.25, 0.3) is 0 Å². The van der Waals surface area contributed by atoms with Crippen LogP contribution in [0.4, 0.5) is 5.69 Å². The monoisotopic (exact) mass is 278 g/mol. The van der Waals surface area contributed by atoms with Gasteiger partial charge in [0.15, 0.2) is 0 Å². The summed E-state index contributed by atoms with van der Waals surface area (Å²) in [7, 11) is 0. The van der Waals surface area contributed by atoms with E-state index in [0.29, 0.717) is 0 Å². The Morgan fingerprint density at radius 3 is 2.42 bits per heavy atom. The van der Waals surface area contributed by atoms with Gasteiger partial charge in [0.2, 0.25) is 5.91 Å². The summed E-state index contributed by atoms with van der Waals surface area (Å²) in [5, 5.41) is -0.202. The van der Waals surface area contributed by atoms with Crippen LogP contribution in [-0.2, 0) is 4.79 Å². The van der Waals surface area contributed by atoms with Crippen molar-refractivity contribution in [3.63, 3.8) is 0 Å². The minimum absolute atomic E-state index is 0.143. The van der Waals surface area contributed by atoms with Gasteiger partial charge in [-0.2, -0.15) is 12.6 Å². The molecular formula is C15H22N2OS. The second-order valence-electron chi connectivity index (χ2n) is 5.21. The zero-order valence-corrected chi connectivity index (χ0v) is 12.8. The van der Waals surface area contributed by atoms with Crippen LogP contribution in [0.1, 0.15) is 18.1 Å². The number of carbonyl (C=O) groups excluding carboxylic acids is 1. The summed E-state index contributed by atoms with van der Waals surface area (Å²) in [6, 6.07) is 6.41. The Labute approximate surface area is 121 Å². The SMILES string of the molecule is Cc1cccc(N2CCN(C(=O)C(C)S)CC2)c1C. The Balaban J connectivity index is 2.04. The zero-order chi connectivity index (χ0) is 14.0. The molecule has 0 N–H and O–H groups in total. The summed E-state index contributed by atoms with van der Waals surface area (Å²) < 4.78 is 0. The molecule has 19 heavy (non-hydrogen) atoms. The summed E-state index contributed by atoms with van der Waals surface area (Å²) in [5.41, 5.74) is 3.95. The Hall–Kier alpha value is -1.16. The first-order valence-electron chi connectivity index (χ1n) is 6.78. The normalized spacial score (nSPS) is 17.5. The van der Waals surface area contributed by atoms with Gasteiger partial charge in [-0.05, 0) is 38.0 Å². The quantitative estimate of drug-likeness (QED) is 0.839. The number of hydrogen-bond acceptors (Lipinski definition) is 3. The Bertz CT molecular complexity index is 465. The maximum Gasteiger partial charge on any atom is 0.235 e. The molecule has 1 aliphatic heterocycles. The van der Waals surface area contributed by atoms with Gasteiger partial charge in [-0.15, -0.1) is 0 Å². The molecule has 0 bridgehead atoms. The number of rotatable bonds is 2. The molecule has 4 heteroatoms. The molecule has 1 aromatic carbocycles. The third-order valence-corrected chi connectivity index (χ3v) is 4.09. The van der Waals surface area contributed by atoms with Crippen LogP contribution in [0, 0.1) is 13.8 Å². The molecule has 2 rings (SSSR count). The number of anilines is 1.